The number of benzene rings is 3. The summed E-state index contributed by atoms with van der Waals surface area (Å²) < 4.78 is 12.1. The van der Waals surface area contributed by atoms with Crippen LogP contribution in [0.25, 0.3) is 0 Å². The fourth-order valence-electron chi connectivity index (χ4n) is 2.79. The van der Waals surface area contributed by atoms with E-state index in [0.29, 0.717) is 44.4 Å². The molecule has 0 fully saturated rings. The van der Waals surface area contributed by atoms with Crippen LogP contribution in [0.4, 0.5) is 5.69 Å². The molecule has 3 aromatic rings. The Bertz CT molecular complexity index is 1100. The molecular weight excluding hydrogens is 529 g/mol. The molecule has 0 amide bonds. The lowest BCUT2D eigenvalue weighted by Gasteiger charge is -2.16. The van der Waals surface area contributed by atoms with Gasteiger partial charge in [-0.15, -0.1) is 0 Å². The first-order valence-corrected chi connectivity index (χ1v) is 10.9. The zero-order valence-electron chi connectivity index (χ0n) is 16.2. The van der Waals surface area contributed by atoms with Crippen LogP contribution < -0.4 is 14.8 Å². The van der Waals surface area contributed by atoms with Gasteiger partial charge in [0.15, 0.2) is 11.5 Å². The van der Waals surface area contributed by atoms with Crippen molar-refractivity contribution in [2.45, 2.75) is 13.2 Å². The van der Waals surface area contributed by atoms with Gasteiger partial charge in [0, 0.05) is 26.6 Å². The molecule has 0 radical (unpaired) electrons. The number of hydrogen-bond acceptors (Lipinski definition) is 4. The molecule has 0 heterocycles. The number of carbonyl (C=O) groups is 1. The number of halogens is 4. The van der Waals surface area contributed by atoms with E-state index in [9.17, 15) is 9.90 Å². The first-order valence-electron chi connectivity index (χ1n) is 8.99. The van der Waals surface area contributed by atoms with Gasteiger partial charge in [-0.25, -0.2) is 4.79 Å². The first kappa shape index (κ1) is 23.5. The molecule has 0 aliphatic carbocycles. The van der Waals surface area contributed by atoms with Gasteiger partial charge in [0.25, 0.3) is 0 Å². The number of nitrogens with one attached hydrogen (secondary N) is 1. The Kier molecular flexibility index (Phi) is 7.94. The van der Waals surface area contributed by atoms with Crippen molar-refractivity contribution in [1.82, 2.24) is 0 Å². The van der Waals surface area contributed by atoms with Gasteiger partial charge in [0.1, 0.15) is 6.61 Å². The lowest BCUT2D eigenvalue weighted by atomic mass is 10.1. The maximum atomic E-state index is 11.2. The SMILES string of the molecule is COc1cc(CNc2cc(C(=O)O)ccc2Cl)c(Br)cc1OCc1c(Cl)cccc1Cl. The summed E-state index contributed by atoms with van der Waals surface area (Å²) in [4.78, 5) is 11.2. The fourth-order valence-corrected chi connectivity index (χ4v) is 3.94. The van der Waals surface area contributed by atoms with E-state index in [0.717, 1.165) is 10.0 Å². The summed E-state index contributed by atoms with van der Waals surface area (Å²) in [6.07, 6.45) is 0. The third kappa shape index (κ3) is 5.77. The van der Waals surface area contributed by atoms with Gasteiger partial charge in [-0.3, -0.25) is 0 Å². The monoisotopic (exact) mass is 543 g/mol. The number of carboxylic acids is 1. The third-order valence-corrected chi connectivity index (χ3v) is 6.22. The van der Waals surface area contributed by atoms with Crippen LogP contribution >= 0.6 is 50.7 Å². The molecule has 0 bridgehead atoms. The highest BCUT2D eigenvalue weighted by molar-refractivity contribution is 9.10. The lowest BCUT2D eigenvalue weighted by Crippen LogP contribution is -2.05. The van der Waals surface area contributed by atoms with Crippen molar-refractivity contribution in [3.8, 4) is 11.5 Å². The molecule has 5 nitrogen and oxygen atoms in total. The van der Waals surface area contributed by atoms with Crippen LogP contribution in [-0.2, 0) is 13.2 Å². The standard InChI is InChI=1S/C22H17BrCl3NO4/c1-30-20-8-13(10-27-19-7-12(22(28)29)5-6-18(19)26)15(23)9-21(20)31-11-14-16(24)3-2-4-17(14)25/h2-9,27H,10-11H2,1H3,(H,28,29). The van der Waals surface area contributed by atoms with Gasteiger partial charge in [-0.2, -0.15) is 0 Å². The number of aromatic carboxylic acids is 1. The Morgan fingerprint density at radius 3 is 2.39 bits per heavy atom. The van der Waals surface area contributed by atoms with Crippen LogP contribution in [0.15, 0.2) is 53.0 Å². The Labute approximate surface area is 203 Å². The number of rotatable bonds is 8. The van der Waals surface area contributed by atoms with Gasteiger partial charge >= 0.3 is 5.97 Å². The molecule has 3 rings (SSSR count). The van der Waals surface area contributed by atoms with Crippen molar-refractivity contribution in [1.29, 1.82) is 0 Å². The van der Waals surface area contributed by atoms with Gasteiger partial charge in [-0.1, -0.05) is 56.8 Å². The second-order valence-electron chi connectivity index (χ2n) is 6.44. The molecule has 0 spiro atoms. The Hall–Kier alpha value is -2.12. The van der Waals surface area contributed by atoms with E-state index in [1.54, 1.807) is 37.4 Å². The number of anilines is 1. The van der Waals surface area contributed by atoms with Crippen molar-refractivity contribution in [3.63, 3.8) is 0 Å². The molecule has 0 aliphatic heterocycles. The number of hydrogen-bond donors (Lipinski definition) is 2. The molecule has 0 saturated heterocycles. The van der Waals surface area contributed by atoms with Crippen molar-refractivity contribution in [3.05, 3.63) is 84.8 Å². The maximum Gasteiger partial charge on any atom is 0.335 e. The van der Waals surface area contributed by atoms with Crippen LogP contribution in [0.5, 0.6) is 11.5 Å². The van der Waals surface area contributed by atoms with Crippen molar-refractivity contribution in [2.24, 2.45) is 0 Å². The lowest BCUT2D eigenvalue weighted by molar-refractivity contribution is 0.0697. The predicted molar refractivity (Wildman–Crippen MR) is 127 cm³/mol. The molecular formula is C22H17BrCl3NO4. The van der Waals surface area contributed by atoms with E-state index < -0.39 is 5.97 Å². The molecule has 0 unspecified atom stereocenters. The molecule has 162 valence electrons. The fraction of sp³-hybridized carbons (Fsp3) is 0.136. The highest BCUT2D eigenvalue weighted by atomic mass is 79.9. The van der Waals surface area contributed by atoms with Crippen LogP contribution in [-0.4, -0.2) is 18.2 Å². The number of carboxylic acid groups (broad SMARTS) is 1. The van der Waals surface area contributed by atoms with Crippen LogP contribution in [0.3, 0.4) is 0 Å². The molecule has 0 atom stereocenters. The zero-order chi connectivity index (χ0) is 22.5. The molecule has 0 aromatic heterocycles. The van der Waals surface area contributed by atoms with Crippen LogP contribution in [0.2, 0.25) is 15.1 Å². The molecule has 2 N–H and O–H groups in total. The summed E-state index contributed by atoms with van der Waals surface area (Å²) in [6, 6.07) is 13.3. The highest BCUT2D eigenvalue weighted by Gasteiger charge is 2.14. The largest absolute Gasteiger partial charge is 0.493 e. The van der Waals surface area contributed by atoms with E-state index in [4.69, 9.17) is 44.3 Å². The Balaban J connectivity index is 1.78. The Morgan fingerprint density at radius 1 is 1.03 bits per heavy atom. The second-order valence-corrected chi connectivity index (χ2v) is 8.51. The van der Waals surface area contributed by atoms with Crippen LogP contribution in [0, 0.1) is 0 Å². The van der Waals surface area contributed by atoms with Crippen LogP contribution in [0.1, 0.15) is 21.5 Å². The maximum absolute atomic E-state index is 11.2. The molecule has 0 saturated carbocycles. The van der Waals surface area contributed by atoms with Gasteiger partial charge in [0.2, 0.25) is 0 Å². The summed E-state index contributed by atoms with van der Waals surface area (Å²) in [7, 11) is 1.54. The minimum absolute atomic E-state index is 0.144. The summed E-state index contributed by atoms with van der Waals surface area (Å²) in [5, 5.41) is 13.8. The van der Waals surface area contributed by atoms with Gasteiger partial charge in [0.05, 0.1) is 23.4 Å². The predicted octanol–water partition coefficient (Wildman–Crippen LogP) is 7.31. The minimum atomic E-state index is -1.03. The smallest absolute Gasteiger partial charge is 0.335 e. The molecule has 9 heteroatoms. The van der Waals surface area contributed by atoms with Gasteiger partial charge < -0.3 is 19.9 Å². The van der Waals surface area contributed by atoms with E-state index in [1.807, 2.05) is 6.07 Å². The third-order valence-electron chi connectivity index (χ3n) is 4.45. The molecule has 3 aromatic carbocycles. The minimum Gasteiger partial charge on any atom is -0.493 e. The summed E-state index contributed by atoms with van der Waals surface area (Å²) in [5.41, 5.74) is 2.20. The molecule has 31 heavy (non-hydrogen) atoms. The van der Waals surface area contributed by atoms with E-state index >= 15 is 0 Å². The van der Waals surface area contributed by atoms with E-state index in [-0.39, 0.29) is 12.2 Å². The van der Waals surface area contributed by atoms with Crippen molar-refractivity contribution >= 4 is 62.4 Å². The van der Waals surface area contributed by atoms with Gasteiger partial charge in [-0.05, 0) is 48.0 Å². The molecule has 0 aliphatic rings. The quantitative estimate of drug-likeness (QED) is 0.311. The average molecular weight is 546 g/mol. The first-order chi connectivity index (χ1) is 14.8. The topological polar surface area (TPSA) is 67.8 Å². The average Bonchev–Trinajstić information content (AvgIpc) is 2.73. The number of methoxy groups -OCH3 is 1. The zero-order valence-corrected chi connectivity index (χ0v) is 20.1. The normalized spacial score (nSPS) is 10.6. The van der Waals surface area contributed by atoms with Crippen molar-refractivity contribution < 1.29 is 19.4 Å². The Morgan fingerprint density at radius 2 is 1.74 bits per heavy atom. The van der Waals surface area contributed by atoms with E-state index in [2.05, 4.69) is 21.2 Å². The summed E-state index contributed by atoms with van der Waals surface area (Å²) in [5.74, 6) is 0.0104. The summed E-state index contributed by atoms with van der Waals surface area (Å²) in [6.45, 7) is 0.548. The second kappa shape index (κ2) is 10.5. The van der Waals surface area contributed by atoms with Crippen molar-refractivity contribution in [2.75, 3.05) is 12.4 Å². The number of ether oxygens (including phenoxy) is 2. The summed E-state index contributed by atoms with van der Waals surface area (Å²) >= 11 is 22.1. The highest BCUT2D eigenvalue weighted by Crippen LogP contribution is 2.36. The van der Waals surface area contributed by atoms with E-state index in [1.165, 1.54) is 12.1 Å².